The quantitative estimate of drug-likeness (QED) is 0.351. The average molecular weight is 372 g/mol. The van der Waals surface area contributed by atoms with Crippen LogP contribution in [0.4, 0.5) is 8.78 Å². The van der Waals surface area contributed by atoms with Crippen molar-refractivity contribution in [3.63, 3.8) is 0 Å². The molecule has 2 bridgehead atoms. The minimum Gasteiger partial charge on any atom is -0.469 e. The van der Waals surface area contributed by atoms with Gasteiger partial charge in [0.1, 0.15) is 24.0 Å². The minimum absolute atomic E-state index is 0.844. The third-order valence-corrected chi connectivity index (χ3v) is 5.00. The lowest BCUT2D eigenvalue weighted by Crippen LogP contribution is -2.50. The van der Waals surface area contributed by atoms with Gasteiger partial charge in [-0.25, -0.2) is 4.79 Å². The Bertz CT molecular complexity index is 718. The summed E-state index contributed by atoms with van der Waals surface area (Å²) in [6, 6.07) is 0. The van der Waals surface area contributed by atoms with E-state index in [1.807, 2.05) is 0 Å². The van der Waals surface area contributed by atoms with Gasteiger partial charge in [0, 0.05) is 0 Å². The molecule has 0 aliphatic carbocycles. The third-order valence-electron chi connectivity index (χ3n) is 4.18. The second-order valence-corrected chi connectivity index (χ2v) is 6.87. The second kappa shape index (κ2) is 5.07. The summed E-state index contributed by atoms with van der Waals surface area (Å²) in [4.78, 5) is 35.0. The molecule has 0 aromatic rings. The molecule has 6 unspecified atom stereocenters. The van der Waals surface area contributed by atoms with E-state index in [-0.39, 0.29) is 0 Å². The first-order valence-corrected chi connectivity index (χ1v) is 7.94. The largest absolute Gasteiger partial charge is 0.469 e. The predicted molar refractivity (Wildman–Crippen MR) is 63.9 cm³/mol. The van der Waals surface area contributed by atoms with Crippen molar-refractivity contribution in [3.05, 3.63) is 0 Å². The van der Waals surface area contributed by atoms with E-state index < -0.39 is 69.5 Å². The molecule has 10 nitrogen and oxygen atoms in total. The second-order valence-electron chi connectivity index (χ2n) is 5.40. The molecule has 0 amide bonds. The molecule has 24 heavy (non-hydrogen) atoms. The molecule has 3 aliphatic heterocycles. The van der Waals surface area contributed by atoms with Gasteiger partial charge in [0.15, 0.2) is 12.2 Å². The van der Waals surface area contributed by atoms with E-state index in [9.17, 15) is 31.6 Å². The lowest BCUT2D eigenvalue weighted by Gasteiger charge is -2.27. The first kappa shape index (κ1) is 17.0. The highest BCUT2D eigenvalue weighted by Crippen LogP contribution is 2.51. The fraction of sp³-hybridized carbons (Fsp3) is 0.727. The maximum absolute atomic E-state index is 13.3. The lowest BCUT2D eigenvalue weighted by molar-refractivity contribution is -0.177. The zero-order valence-electron chi connectivity index (χ0n) is 11.7. The smallest absolute Gasteiger partial charge is 0.465 e. The van der Waals surface area contributed by atoms with E-state index in [1.54, 1.807) is 0 Å². The van der Waals surface area contributed by atoms with E-state index in [4.69, 9.17) is 14.0 Å². The Morgan fingerprint density at radius 2 is 1.88 bits per heavy atom. The number of halogens is 2. The number of methoxy groups -OCH3 is 1. The van der Waals surface area contributed by atoms with Crippen LogP contribution in [0.2, 0.25) is 0 Å². The van der Waals surface area contributed by atoms with Gasteiger partial charge >= 0.3 is 33.3 Å². The molecule has 0 aromatic heterocycles. The van der Waals surface area contributed by atoms with Crippen molar-refractivity contribution in [1.29, 1.82) is 0 Å². The molecule has 3 fully saturated rings. The van der Waals surface area contributed by atoms with Crippen LogP contribution >= 0.6 is 0 Å². The fourth-order valence-electron chi connectivity index (χ4n) is 3.17. The van der Waals surface area contributed by atoms with Crippen molar-refractivity contribution in [2.75, 3.05) is 7.11 Å². The van der Waals surface area contributed by atoms with Crippen LogP contribution in [0.25, 0.3) is 0 Å². The van der Waals surface area contributed by atoms with Crippen molar-refractivity contribution in [2.45, 2.75) is 29.7 Å². The molecule has 1 N–H and O–H groups in total. The van der Waals surface area contributed by atoms with Crippen LogP contribution in [0.5, 0.6) is 0 Å². The topological polar surface area (TPSA) is 142 Å². The normalized spacial score (nSPS) is 37.2. The number of rotatable bonds is 4. The molecule has 13 heteroatoms. The summed E-state index contributed by atoms with van der Waals surface area (Å²) in [5.74, 6) is -6.59. The Labute approximate surface area is 132 Å². The van der Waals surface area contributed by atoms with Crippen LogP contribution in [0.3, 0.4) is 0 Å². The van der Waals surface area contributed by atoms with Gasteiger partial charge in [0.25, 0.3) is 0 Å². The molecule has 3 rings (SSSR count). The highest BCUT2D eigenvalue weighted by atomic mass is 32.2. The van der Waals surface area contributed by atoms with Crippen molar-refractivity contribution < 1.29 is 55.1 Å². The molecule has 0 radical (unpaired) electrons. The van der Waals surface area contributed by atoms with Gasteiger partial charge < -0.3 is 18.9 Å². The summed E-state index contributed by atoms with van der Waals surface area (Å²) in [6.07, 6.45) is -5.22. The Hall–Kier alpha value is -1.86. The van der Waals surface area contributed by atoms with Crippen molar-refractivity contribution in [1.82, 2.24) is 0 Å². The number of hydrogen-bond acceptors (Lipinski definition) is 9. The zero-order chi connectivity index (χ0) is 18.0. The van der Waals surface area contributed by atoms with Gasteiger partial charge in [-0.3, -0.25) is 14.1 Å². The summed E-state index contributed by atoms with van der Waals surface area (Å²) in [5.41, 5.74) is 0. The molecule has 0 aromatic carbocycles. The Balaban J connectivity index is 1.87. The van der Waals surface area contributed by atoms with Gasteiger partial charge in [0.2, 0.25) is 0 Å². The summed E-state index contributed by atoms with van der Waals surface area (Å²) < 4.78 is 75.2. The van der Waals surface area contributed by atoms with E-state index in [1.165, 1.54) is 0 Å². The lowest BCUT2D eigenvalue weighted by atomic mass is 9.78. The highest BCUT2D eigenvalue weighted by Gasteiger charge is 2.72. The number of hydrogen-bond donors (Lipinski definition) is 1. The Kier molecular flexibility index (Phi) is 3.58. The van der Waals surface area contributed by atoms with E-state index in [0.29, 0.717) is 0 Å². The van der Waals surface area contributed by atoms with Gasteiger partial charge in [-0.1, -0.05) is 0 Å². The molecule has 3 aliphatic rings. The predicted octanol–water partition coefficient (Wildman–Crippen LogP) is -1.51. The van der Waals surface area contributed by atoms with Gasteiger partial charge in [-0.05, 0) is 0 Å². The number of carbonyl (C=O) groups is 3. The van der Waals surface area contributed by atoms with E-state index in [2.05, 4.69) is 9.47 Å². The van der Waals surface area contributed by atoms with Crippen LogP contribution in [-0.2, 0) is 43.4 Å². The molecule has 0 saturated carbocycles. The highest BCUT2D eigenvalue weighted by molar-refractivity contribution is 7.87. The zero-order valence-corrected chi connectivity index (χ0v) is 12.6. The van der Waals surface area contributed by atoms with Crippen LogP contribution in [0.1, 0.15) is 0 Å². The SMILES string of the molecule is COC(=O)C1C2OC3C(OC(=O)C31)C2OC(=O)C(F)(F)S(=O)(=O)O. The Morgan fingerprint density at radius 3 is 2.42 bits per heavy atom. The number of esters is 3. The van der Waals surface area contributed by atoms with Gasteiger partial charge in [-0.15, -0.1) is 0 Å². The van der Waals surface area contributed by atoms with Crippen molar-refractivity contribution >= 4 is 28.0 Å². The monoisotopic (exact) mass is 372 g/mol. The Morgan fingerprint density at radius 1 is 1.25 bits per heavy atom. The van der Waals surface area contributed by atoms with Crippen LogP contribution < -0.4 is 0 Å². The average Bonchev–Trinajstić information content (AvgIpc) is 3.08. The summed E-state index contributed by atoms with van der Waals surface area (Å²) >= 11 is 0. The standard InChI is InChI=1S/C11H10F2O10S/c1-20-8(14)2-3-5-6(22-9(3)15)7(4(2)21-5)23-10(16)11(12,13)24(17,18)19/h2-7H,1H3,(H,17,18,19). The molecule has 0 spiro atoms. The third kappa shape index (κ3) is 2.11. The first-order chi connectivity index (χ1) is 11.0. The van der Waals surface area contributed by atoms with Gasteiger partial charge in [0.05, 0.1) is 7.11 Å². The fourth-order valence-corrected chi connectivity index (χ4v) is 3.43. The van der Waals surface area contributed by atoms with Crippen LogP contribution in [0.15, 0.2) is 0 Å². The number of fused-ring (bicyclic) bond motifs is 1. The van der Waals surface area contributed by atoms with Crippen molar-refractivity contribution in [2.24, 2.45) is 11.8 Å². The molecular weight excluding hydrogens is 362 g/mol. The molecular formula is C11H10F2O10S. The van der Waals surface area contributed by atoms with E-state index >= 15 is 0 Å². The minimum atomic E-state index is -6.06. The van der Waals surface area contributed by atoms with Crippen LogP contribution in [-0.4, -0.2) is 67.7 Å². The number of ether oxygens (including phenoxy) is 4. The van der Waals surface area contributed by atoms with Crippen LogP contribution in [0, 0.1) is 11.8 Å². The maximum Gasteiger partial charge on any atom is 0.465 e. The van der Waals surface area contributed by atoms with Crippen molar-refractivity contribution in [3.8, 4) is 0 Å². The summed E-state index contributed by atoms with van der Waals surface area (Å²) in [7, 11) is -5.04. The number of carbonyl (C=O) groups excluding carboxylic acids is 3. The molecule has 6 atom stereocenters. The molecule has 3 saturated heterocycles. The number of alkyl halides is 2. The molecule has 134 valence electrons. The first-order valence-electron chi connectivity index (χ1n) is 6.50. The van der Waals surface area contributed by atoms with Gasteiger partial charge in [-0.2, -0.15) is 17.2 Å². The maximum atomic E-state index is 13.3. The molecule has 3 heterocycles. The summed E-state index contributed by atoms with van der Waals surface area (Å²) in [5, 5.41) is -5.22. The van der Waals surface area contributed by atoms with E-state index in [0.717, 1.165) is 7.11 Å². The summed E-state index contributed by atoms with van der Waals surface area (Å²) in [6.45, 7) is 0.